The molecule has 3 nitrogen and oxygen atoms in total. The zero-order valence-corrected chi connectivity index (χ0v) is 26.4. The number of para-hydroxylation sites is 1. The highest BCUT2D eigenvalue weighted by Crippen LogP contribution is 2.44. The Balaban J connectivity index is 1.26. The number of hydrogen-bond donors (Lipinski definition) is 0. The number of nitrogens with zero attached hydrogens (tertiary/aromatic N) is 3. The quantitative estimate of drug-likeness (QED) is 0.184. The average Bonchev–Trinajstić information content (AvgIpc) is 3.50. The van der Waals surface area contributed by atoms with E-state index >= 15 is 0 Å². The SMILES string of the molecule is N#Cc1ccc(-n2c3ccccc3c3cc(C#N)ccc32)c(-c2ccc(-c3c4ccccc4c(-c4ccccc4)c4ccccc34)cc2)c1. The molecule has 8 aromatic carbocycles. The summed E-state index contributed by atoms with van der Waals surface area (Å²) in [6, 6.07) is 61.5. The molecule has 0 radical (unpaired) electrons. The first kappa shape index (κ1) is 28.3. The lowest BCUT2D eigenvalue weighted by Gasteiger charge is -2.18. The lowest BCUT2D eigenvalue weighted by molar-refractivity contribution is 1.18. The smallest absolute Gasteiger partial charge is 0.0991 e. The van der Waals surface area contributed by atoms with Gasteiger partial charge in [-0.3, -0.25) is 0 Å². The van der Waals surface area contributed by atoms with E-state index in [0.29, 0.717) is 11.1 Å². The molecular weight excluding hydrogens is 595 g/mol. The van der Waals surface area contributed by atoms with Crippen LogP contribution in [0, 0.1) is 22.7 Å². The molecule has 49 heavy (non-hydrogen) atoms. The predicted octanol–water partition coefficient (Wildman–Crippen LogP) is 11.8. The summed E-state index contributed by atoms with van der Waals surface area (Å²) in [6.07, 6.45) is 0. The van der Waals surface area contributed by atoms with Gasteiger partial charge in [0.1, 0.15) is 0 Å². The Bertz CT molecular complexity index is 2770. The number of hydrogen-bond acceptors (Lipinski definition) is 2. The van der Waals surface area contributed by atoms with Crippen LogP contribution < -0.4 is 0 Å². The van der Waals surface area contributed by atoms with E-state index in [2.05, 4.69) is 132 Å². The third-order valence-corrected chi connectivity index (χ3v) is 9.65. The zero-order chi connectivity index (χ0) is 32.9. The number of rotatable bonds is 4. The van der Waals surface area contributed by atoms with Crippen molar-refractivity contribution in [2.45, 2.75) is 0 Å². The normalized spacial score (nSPS) is 11.2. The van der Waals surface area contributed by atoms with Crippen LogP contribution in [-0.4, -0.2) is 4.57 Å². The van der Waals surface area contributed by atoms with E-state index in [0.717, 1.165) is 44.2 Å². The summed E-state index contributed by atoms with van der Waals surface area (Å²) in [7, 11) is 0. The molecule has 0 fully saturated rings. The van der Waals surface area contributed by atoms with Crippen molar-refractivity contribution in [3.8, 4) is 51.2 Å². The maximum absolute atomic E-state index is 9.94. The summed E-state index contributed by atoms with van der Waals surface area (Å²) in [5.74, 6) is 0. The molecule has 226 valence electrons. The van der Waals surface area contributed by atoms with Crippen LogP contribution in [0.15, 0.2) is 164 Å². The maximum atomic E-state index is 9.94. The number of benzene rings is 8. The first-order valence-electron chi connectivity index (χ1n) is 16.3. The molecule has 1 aromatic heterocycles. The van der Waals surface area contributed by atoms with Gasteiger partial charge in [0, 0.05) is 16.3 Å². The number of nitriles is 2. The molecule has 0 aliphatic heterocycles. The van der Waals surface area contributed by atoms with Crippen molar-refractivity contribution in [1.82, 2.24) is 4.57 Å². The average molecular weight is 622 g/mol. The highest BCUT2D eigenvalue weighted by Gasteiger charge is 2.19. The Labute approximate surface area is 283 Å². The summed E-state index contributed by atoms with van der Waals surface area (Å²) < 4.78 is 2.25. The summed E-state index contributed by atoms with van der Waals surface area (Å²) in [4.78, 5) is 0. The molecule has 0 spiro atoms. The maximum Gasteiger partial charge on any atom is 0.0991 e. The molecule has 3 heteroatoms. The van der Waals surface area contributed by atoms with Gasteiger partial charge >= 0.3 is 0 Å². The van der Waals surface area contributed by atoms with Gasteiger partial charge < -0.3 is 4.57 Å². The first-order valence-corrected chi connectivity index (χ1v) is 16.3. The monoisotopic (exact) mass is 621 g/mol. The minimum Gasteiger partial charge on any atom is -0.309 e. The van der Waals surface area contributed by atoms with Gasteiger partial charge in [0.05, 0.1) is 40.0 Å². The Morgan fingerprint density at radius 3 is 1.45 bits per heavy atom. The topological polar surface area (TPSA) is 52.5 Å². The van der Waals surface area contributed by atoms with Gasteiger partial charge in [-0.05, 0) is 91.8 Å². The van der Waals surface area contributed by atoms with Crippen molar-refractivity contribution in [2.24, 2.45) is 0 Å². The van der Waals surface area contributed by atoms with Gasteiger partial charge in [-0.15, -0.1) is 0 Å². The molecule has 0 amide bonds. The lowest BCUT2D eigenvalue weighted by atomic mass is 9.85. The van der Waals surface area contributed by atoms with Crippen molar-refractivity contribution < 1.29 is 0 Å². The molecule has 0 saturated carbocycles. The highest BCUT2D eigenvalue weighted by atomic mass is 15.0. The van der Waals surface area contributed by atoms with Crippen LogP contribution in [0.25, 0.3) is 82.4 Å². The fourth-order valence-electron chi connectivity index (χ4n) is 7.51. The van der Waals surface area contributed by atoms with Gasteiger partial charge in [-0.2, -0.15) is 10.5 Å². The predicted molar refractivity (Wildman–Crippen MR) is 202 cm³/mol. The van der Waals surface area contributed by atoms with Gasteiger partial charge in [0.15, 0.2) is 0 Å². The van der Waals surface area contributed by atoms with E-state index in [1.165, 1.54) is 38.2 Å². The number of fused-ring (bicyclic) bond motifs is 5. The van der Waals surface area contributed by atoms with Crippen LogP contribution >= 0.6 is 0 Å². The van der Waals surface area contributed by atoms with Crippen molar-refractivity contribution >= 4 is 43.4 Å². The fourth-order valence-corrected chi connectivity index (χ4v) is 7.51. The van der Waals surface area contributed by atoms with Crippen LogP contribution in [0.4, 0.5) is 0 Å². The van der Waals surface area contributed by atoms with Crippen LogP contribution in [0.3, 0.4) is 0 Å². The largest absolute Gasteiger partial charge is 0.309 e. The van der Waals surface area contributed by atoms with E-state index in [4.69, 9.17) is 0 Å². The van der Waals surface area contributed by atoms with Crippen molar-refractivity contribution in [1.29, 1.82) is 10.5 Å². The molecule has 0 saturated heterocycles. The Hall–Kier alpha value is -6.94. The fraction of sp³-hybridized carbons (Fsp3) is 0. The number of aromatic nitrogens is 1. The van der Waals surface area contributed by atoms with E-state index in [-0.39, 0.29) is 0 Å². The third-order valence-electron chi connectivity index (χ3n) is 9.65. The molecule has 0 atom stereocenters. The molecule has 9 aromatic rings. The minimum absolute atomic E-state index is 0.601. The van der Waals surface area contributed by atoms with Crippen LogP contribution in [0.5, 0.6) is 0 Å². The van der Waals surface area contributed by atoms with Crippen molar-refractivity contribution in [3.63, 3.8) is 0 Å². The van der Waals surface area contributed by atoms with Gasteiger partial charge in [-0.25, -0.2) is 0 Å². The Morgan fingerprint density at radius 1 is 0.367 bits per heavy atom. The summed E-state index contributed by atoms with van der Waals surface area (Å²) in [6.45, 7) is 0. The summed E-state index contributed by atoms with van der Waals surface area (Å²) in [5, 5.41) is 26.6. The van der Waals surface area contributed by atoms with E-state index in [1.807, 2.05) is 48.5 Å². The van der Waals surface area contributed by atoms with Crippen LogP contribution in [-0.2, 0) is 0 Å². The van der Waals surface area contributed by atoms with Crippen molar-refractivity contribution in [3.05, 3.63) is 175 Å². The molecule has 0 aliphatic carbocycles. The minimum atomic E-state index is 0.601. The second kappa shape index (κ2) is 11.4. The lowest BCUT2D eigenvalue weighted by Crippen LogP contribution is -1.98. The molecular formula is C46H27N3. The Morgan fingerprint density at radius 2 is 0.837 bits per heavy atom. The molecule has 0 bridgehead atoms. The van der Waals surface area contributed by atoms with E-state index in [1.54, 1.807) is 0 Å². The molecule has 0 N–H and O–H groups in total. The highest BCUT2D eigenvalue weighted by molar-refractivity contribution is 6.21. The van der Waals surface area contributed by atoms with Crippen LogP contribution in [0.1, 0.15) is 11.1 Å². The van der Waals surface area contributed by atoms with Crippen LogP contribution in [0.2, 0.25) is 0 Å². The molecule has 9 rings (SSSR count). The second-order valence-electron chi connectivity index (χ2n) is 12.3. The molecule has 1 heterocycles. The van der Waals surface area contributed by atoms with Gasteiger partial charge in [-0.1, -0.05) is 121 Å². The van der Waals surface area contributed by atoms with E-state index < -0.39 is 0 Å². The van der Waals surface area contributed by atoms with Crippen molar-refractivity contribution in [2.75, 3.05) is 0 Å². The summed E-state index contributed by atoms with van der Waals surface area (Å²) >= 11 is 0. The molecule has 0 unspecified atom stereocenters. The third kappa shape index (κ3) is 4.49. The summed E-state index contributed by atoms with van der Waals surface area (Å²) in [5.41, 5.74) is 11.0. The standard InChI is InChI=1S/C46H27N3/c47-28-30-18-24-43(49-42-17-9-8-12-35(42)41-27-31(29-48)19-25-44(41)49)40(26-30)32-20-22-34(23-21-32)46-38-15-6-4-13-36(38)45(33-10-2-1-3-11-33)37-14-5-7-16-39(37)46/h1-27H. The van der Waals surface area contributed by atoms with E-state index in [9.17, 15) is 10.5 Å². The zero-order valence-electron chi connectivity index (χ0n) is 26.4. The first-order chi connectivity index (χ1) is 24.2. The van der Waals surface area contributed by atoms with Gasteiger partial charge in [0.25, 0.3) is 0 Å². The molecule has 0 aliphatic rings. The second-order valence-corrected chi connectivity index (χ2v) is 12.3. The Kier molecular flexibility index (Phi) is 6.58. The van der Waals surface area contributed by atoms with Gasteiger partial charge in [0.2, 0.25) is 0 Å².